The zero-order valence-electron chi connectivity index (χ0n) is 13.6. The Bertz CT molecular complexity index is 765. The maximum atomic E-state index is 12.8. The molecule has 0 saturated carbocycles. The summed E-state index contributed by atoms with van der Waals surface area (Å²) < 4.78 is 1.55. The van der Waals surface area contributed by atoms with E-state index in [0.717, 1.165) is 18.4 Å². The van der Waals surface area contributed by atoms with Crippen molar-refractivity contribution in [2.24, 2.45) is 5.92 Å². The second-order valence-corrected chi connectivity index (χ2v) is 6.21. The van der Waals surface area contributed by atoms with E-state index in [9.17, 15) is 9.59 Å². The molecule has 1 atom stereocenters. The van der Waals surface area contributed by atoms with E-state index in [1.165, 1.54) is 4.90 Å². The SMILES string of the molecule is CC(C1CCN(C(=O)O)CC1)n1nccc(-c2ccccc2)c1=O. The monoisotopic (exact) mass is 327 g/mol. The molecular formula is C18H21N3O3. The van der Waals surface area contributed by atoms with Gasteiger partial charge in [-0.05, 0) is 37.3 Å². The molecule has 1 unspecified atom stereocenters. The van der Waals surface area contributed by atoms with Gasteiger partial charge in [0.25, 0.3) is 5.56 Å². The van der Waals surface area contributed by atoms with Crippen molar-refractivity contribution in [3.63, 3.8) is 0 Å². The summed E-state index contributed by atoms with van der Waals surface area (Å²) in [6.07, 6.45) is 2.28. The van der Waals surface area contributed by atoms with Gasteiger partial charge in [0, 0.05) is 19.3 Å². The number of nitrogens with zero attached hydrogens (tertiary/aromatic N) is 3. The fraction of sp³-hybridized carbons (Fsp3) is 0.389. The number of aromatic nitrogens is 2. The molecule has 126 valence electrons. The average molecular weight is 327 g/mol. The maximum absolute atomic E-state index is 12.8. The van der Waals surface area contributed by atoms with Crippen LogP contribution in [-0.4, -0.2) is 39.0 Å². The van der Waals surface area contributed by atoms with Crippen LogP contribution in [0.15, 0.2) is 47.4 Å². The molecule has 6 nitrogen and oxygen atoms in total. The molecule has 2 aromatic rings. The number of amides is 1. The first-order chi connectivity index (χ1) is 11.6. The average Bonchev–Trinajstić information content (AvgIpc) is 2.62. The number of likely N-dealkylation sites (tertiary alicyclic amines) is 1. The van der Waals surface area contributed by atoms with Crippen molar-refractivity contribution in [2.45, 2.75) is 25.8 Å². The standard InChI is InChI=1S/C18H21N3O3/c1-13(14-8-11-20(12-9-14)18(23)24)21-17(22)16(7-10-19-21)15-5-3-2-4-6-15/h2-7,10,13-14H,8-9,11-12H2,1H3,(H,23,24). The van der Waals surface area contributed by atoms with E-state index >= 15 is 0 Å². The quantitative estimate of drug-likeness (QED) is 0.940. The summed E-state index contributed by atoms with van der Waals surface area (Å²) in [6, 6.07) is 11.2. The minimum absolute atomic E-state index is 0.0582. The van der Waals surface area contributed by atoms with Crippen molar-refractivity contribution in [2.75, 3.05) is 13.1 Å². The summed E-state index contributed by atoms with van der Waals surface area (Å²) in [4.78, 5) is 25.3. The second-order valence-electron chi connectivity index (χ2n) is 6.21. The molecule has 24 heavy (non-hydrogen) atoms. The molecule has 0 radical (unpaired) electrons. The molecule has 0 aliphatic carbocycles. The van der Waals surface area contributed by atoms with Gasteiger partial charge in [0.05, 0.1) is 11.6 Å². The molecule has 1 saturated heterocycles. The van der Waals surface area contributed by atoms with Crippen LogP contribution >= 0.6 is 0 Å². The van der Waals surface area contributed by atoms with Gasteiger partial charge in [0.15, 0.2) is 0 Å². The van der Waals surface area contributed by atoms with Gasteiger partial charge in [-0.25, -0.2) is 9.48 Å². The van der Waals surface area contributed by atoms with E-state index in [-0.39, 0.29) is 17.5 Å². The second kappa shape index (κ2) is 6.86. The highest BCUT2D eigenvalue weighted by atomic mass is 16.4. The smallest absolute Gasteiger partial charge is 0.407 e. The first-order valence-corrected chi connectivity index (χ1v) is 8.19. The van der Waals surface area contributed by atoms with Crippen molar-refractivity contribution in [3.05, 3.63) is 52.9 Å². The topological polar surface area (TPSA) is 75.4 Å². The Morgan fingerprint density at radius 2 is 1.88 bits per heavy atom. The van der Waals surface area contributed by atoms with Crippen LogP contribution in [0, 0.1) is 5.92 Å². The van der Waals surface area contributed by atoms with E-state index in [4.69, 9.17) is 5.11 Å². The zero-order chi connectivity index (χ0) is 17.1. The van der Waals surface area contributed by atoms with Gasteiger partial charge < -0.3 is 10.0 Å². The Morgan fingerprint density at radius 3 is 2.50 bits per heavy atom. The molecular weight excluding hydrogens is 306 g/mol. The van der Waals surface area contributed by atoms with E-state index in [0.29, 0.717) is 18.7 Å². The largest absolute Gasteiger partial charge is 0.465 e. The third kappa shape index (κ3) is 3.18. The highest BCUT2D eigenvalue weighted by Gasteiger charge is 2.28. The lowest BCUT2D eigenvalue weighted by atomic mass is 9.90. The van der Waals surface area contributed by atoms with Crippen molar-refractivity contribution in [1.82, 2.24) is 14.7 Å². The first kappa shape index (κ1) is 16.2. The van der Waals surface area contributed by atoms with Crippen LogP contribution in [0.5, 0.6) is 0 Å². The fourth-order valence-electron chi connectivity index (χ4n) is 3.33. The summed E-state index contributed by atoms with van der Waals surface area (Å²) in [6.45, 7) is 3.01. The maximum Gasteiger partial charge on any atom is 0.407 e. The number of benzene rings is 1. The highest BCUT2D eigenvalue weighted by molar-refractivity contribution is 5.65. The van der Waals surface area contributed by atoms with Crippen molar-refractivity contribution >= 4 is 6.09 Å². The highest BCUT2D eigenvalue weighted by Crippen LogP contribution is 2.27. The predicted molar refractivity (Wildman–Crippen MR) is 91.0 cm³/mol. The van der Waals surface area contributed by atoms with Crippen LogP contribution in [0.4, 0.5) is 4.79 Å². The van der Waals surface area contributed by atoms with Crippen molar-refractivity contribution in [1.29, 1.82) is 0 Å². The minimum atomic E-state index is -0.873. The Hall–Kier alpha value is -2.63. The summed E-state index contributed by atoms with van der Waals surface area (Å²) in [5.41, 5.74) is 1.42. The Balaban J connectivity index is 1.83. The van der Waals surface area contributed by atoms with Crippen LogP contribution in [0.1, 0.15) is 25.8 Å². The molecule has 1 fully saturated rings. The summed E-state index contributed by atoms with van der Waals surface area (Å²) in [5, 5.41) is 13.3. The van der Waals surface area contributed by atoms with E-state index in [2.05, 4.69) is 5.10 Å². The summed E-state index contributed by atoms with van der Waals surface area (Å²) in [7, 11) is 0. The summed E-state index contributed by atoms with van der Waals surface area (Å²) in [5.74, 6) is 0.247. The van der Waals surface area contributed by atoms with Gasteiger partial charge in [-0.15, -0.1) is 0 Å². The molecule has 1 N–H and O–H groups in total. The van der Waals surface area contributed by atoms with Gasteiger partial charge in [-0.2, -0.15) is 5.10 Å². The lowest BCUT2D eigenvalue weighted by Crippen LogP contribution is -2.41. The summed E-state index contributed by atoms with van der Waals surface area (Å²) >= 11 is 0. The number of hydrogen-bond acceptors (Lipinski definition) is 3. The molecule has 0 bridgehead atoms. The number of carbonyl (C=O) groups is 1. The van der Waals surface area contributed by atoms with E-state index in [1.54, 1.807) is 16.9 Å². The van der Waals surface area contributed by atoms with Crippen LogP contribution in [0.25, 0.3) is 11.1 Å². The minimum Gasteiger partial charge on any atom is -0.465 e. The normalized spacial score (nSPS) is 16.8. The molecule has 2 heterocycles. The molecule has 3 rings (SSSR count). The molecule has 1 amide bonds. The third-order valence-electron chi connectivity index (χ3n) is 4.83. The number of piperidine rings is 1. The number of carboxylic acid groups (broad SMARTS) is 1. The molecule has 1 aliphatic rings. The van der Waals surface area contributed by atoms with Gasteiger partial charge >= 0.3 is 6.09 Å². The predicted octanol–water partition coefficient (Wildman–Crippen LogP) is 2.86. The fourth-order valence-corrected chi connectivity index (χ4v) is 3.33. The molecule has 6 heteroatoms. The number of hydrogen-bond donors (Lipinski definition) is 1. The molecule has 1 aromatic carbocycles. The number of rotatable bonds is 3. The zero-order valence-corrected chi connectivity index (χ0v) is 13.6. The van der Waals surface area contributed by atoms with Gasteiger partial charge in [0.1, 0.15) is 0 Å². The molecule has 1 aromatic heterocycles. The van der Waals surface area contributed by atoms with Gasteiger partial charge in [-0.1, -0.05) is 30.3 Å². The molecule has 0 spiro atoms. The van der Waals surface area contributed by atoms with Crippen LogP contribution in [0.3, 0.4) is 0 Å². The molecule has 1 aliphatic heterocycles. The first-order valence-electron chi connectivity index (χ1n) is 8.19. The lowest BCUT2D eigenvalue weighted by molar-refractivity contribution is 0.113. The third-order valence-corrected chi connectivity index (χ3v) is 4.83. The lowest BCUT2D eigenvalue weighted by Gasteiger charge is -2.33. The van der Waals surface area contributed by atoms with Crippen LogP contribution in [0.2, 0.25) is 0 Å². The van der Waals surface area contributed by atoms with Crippen molar-refractivity contribution in [3.8, 4) is 11.1 Å². The Kier molecular flexibility index (Phi) is 4.64. The Labute approximate surface area is 140 Å². The van der Waals surface area contributed by atoms with Crippen molar-refractivity contribution < 1.29 is 9.90 Å². The van der Waals surface area contributed by atoms with Crippen LogP contribution in [-0.2, 0) is 0 Å². The van der Waals surface area contributed by atoms with Gasteiger partial charge in [-0.3, -0.25) is 4.79 Å². The van der Waals surface area contributed by atoms with E-state index in [1.807, 2.05) is 37.3 Å². The van der Waals surface area contributed by atoms with Gasteiger partial charge in [0.2, 0.25) is 0 Å². The Morgan fingerprint density at radius 1 is 1.21 bits per heavy atom. The van der Waals surface area contributed by atoms with E-state index < -0.39 is 6.09 Å². The van der Waals surface area contributed by atoms with Crippen LogP contribution < -0.4 is 5.56 Å².